The molecule has 5 heteroatoms. The Morgan fingerprint density at radius 3 is 2.24 bits per heavy atom. The summed E-state index contributed by atoms with van der Waals surface area (Å²) in [5.41, 5.74) is 1.96. The minimum absolute atomic E-state index is 0.0458. The van der Waals surface area contributed by atoms with Crippen LogP contribution in [0.2, 0.25) is 5.02 Å². The molecule has 1 aromatic heterocycles. The lowest BCUT2D eigenvalue weighted by Crippen LogP contribution is -1.93. The second kappa shape index (κ2) is 7.39. The topological polar surface area (TPSA) is 31.6 Å². The number of benzene rings is 5. The third-order valence-electron chi connectivity index (χ3n) is 6.17. The number of rotatable bonds is 3. The molecule has 6 rings (SSSR count). The van der Waals surface area contributed by atoms with Crippen molar-refractivity contribution in [2.45, 2.75) is 0 Å². The molecule has 162 valence electrons. The van der Waals surface area contributed by atoms with Crippen LogP contribution >= 0.6 is 11.6 Å². The zero-order valence-corrected chi connectivity index (χ0v) is 18.7. The zero-order chi connectivity index (χ0) is 22.7. The first-order valence-corrected chi connectivity index (χ1v) is 10.8. The number of furan rings is 1. The van der Waals surface area contributed by atoms with Gasteiger partial charge in [-0.25, -0.2) is 4.39 Å². The maximum Gasteiger partial charge on any atom is 0.157 e. The molecule has 0 saturated carbocycles. The van der Waals surface area contributed by atoms with Gasteiger partial charge < -0.3 is 13.9 Å². The van der Waals surface area contributed by atoms with Crippen LogP contribution in [0.25, 0.3) is 54.6 Å². The molecule has 0 atom stereocenters. The Kier molecular flexibility index (Phi) is 4.46. The SMILES string of the molecule is COc1ccc2cc(OC)c(-c3cc4c(oc5cc6ccccc6cc54)c(Cl)c3F)cc2c1. The molecule has 0 saturated heterocycles. The summed E-state index contributed by atoms with van der Waals surface area (Å²) in [5, 5.41) is 5.58. The lowest BCUT2D eigenvalue weighted by Gasteiger charge is -2.13. The molecule has 0 bridgehead atoms. The molecule has 0 amide bonds. The number of methoxy groups -OCH3 is 2. The molecule has 1 heterocycles. The highest BCUT2D eigenvalue weighted by Gasteiger charge is 2.21. The molecule has 0 aliphatic rings. The molecule has 6 aromatic rings. The molecule has 0 radical (unpaired) electrons. The molecule has 0 aliphatic carbocycles. The van der Waals surface area contributed by atoms with E-state index in [1.165, 1.54) is 0 Å². The van der Waals surface area contributed by atoms with Crippen LogP contribution in [-0.2, 0) is 0 Å². The van der Waals surface area contributed by atoms with Gasteiger partial charge in [0.2, 0.25) is 0 Å². The van der Waals surface area contributed by atoms with Crippen molar-refractivity contribution in [1.29, 1.82) is 0 Å². The van der Waals surface area contributed by atoms with Gasteiger partial charge in [0.15, 0.2) is 11.4 Å². The summed E-state index contributed by atoms with van der Waals surface area (Å²) in [6.07, 6.45) is 0. The number of halogens is 2. The average Bonchev–Trinajstić information content (AvgIpc) is 3.21. The highest BCUT2D eigenvalue weighted by atomic mass is 35.5. The van der Waals surface area contributed by atoms with Gasteiger partial charge in [0.25, 0.3) is 0 Å². The van der Waals surface area contributed by atoms with Crippen molar-refractivity contribution in [3.8, 4) is 22.6 Å². The van der Waals surface area contributed by atoms with E-state index in [1.807, 2.05) is 60.7 Å². The van der Waals surface area contributed by atoms with Gasteiger partial charge in [-0.3, -0.25) is 0 Å². The fourth-order valence-corrected chi connectivity index (χ4v) is 4.73. The van der Waals surface area contributed by atoms with Gasteiger partial charge in [0.1, 0.15) is 22.1 Å². The van der Waals surface area contributed by atoms with Gasteiger partial charge in [-0.2, -0.15) is 0 Å². The molecule has 3 nitrogen and oxygen atoms in total. The Morgan fingerprint density at radius 1 is 0.727 bits per heavy atom. The quantitative estimate of drug-likeness (QED) is 0.268. The van der Waals surface area contributed by atoms with Gasteiger partial charge in [-0.05, 0) is 64.0 Å². The third kappa shape index (κ3) is 3.02. The van der Waals surface area contributed by atoms with Crippen molar-refractivity contribution >= 4 is 55.1 Å². The summed E-state index contributed by atoms with van der Waals surface area (Å²) in [4.78, 5) is 0. The highest BCUT2D eigenvalue weighted by Crippen LogP contribution is 2.44. The molecule has 0 aliphatic heterocycles. The van der Waals surface area contributed by atoms with E-state index < -0.39 is 5.82 Å². The molecule has 33 heavy (non-hydrogen) atoms. The molecule has 0 spiro atoms. The number of ether oxygens (including phenoxy) is 2. The molecular formula is C28H18ClFO3. The van der Waals surface area contributed by atoms with Crippen LogP contribution in [-0.4, -0.2) is 14.2 Å². The Balaban J connectivity index is 1.68. The minimum Gasteiger partial charge on any atom is -0.497 e. The Labute approximate surface area is 193 Å². The predicted molar refractivity (Wildman–Crippen MR) is 132 cm³/mol. The fourth-order valence-electron chi connectivity index (χ4n) is 4.49. The Morgan fingerprint density at radius 2 is 1.48 bits per heavy atom. The van der Waals surface area contributed by atoms with Crippen molar-refractivity contribution in [3.63, 3.8) is 0 Å². The van der Waals surface area contributed by atoms with Crippen molar-refractivity contribution in [1.82, 2.24) is 0 Å². The first-order chi connectivity index (χ1) is 16.1. The lowest BCUT2D eigenvalue weighted by atomic mass is 9.97. The van der Waals surface area contributed by atoms with E-state index in [1.54, 1.807) is 20.3 Å². The predicted octanol–water partition coefficient (Wildman–Crippen LogP) is 8.37. The number of fused-ring (bicyclic) bond motifs is 5. The first-order valence-electron chi connectivity index (χ1n) is 10.5. The van der Waals surface area contributed by atoms with Crippen LogP contribution in [0.15, 0.2) is 77.2 Å². The van der Waals surface area contributed by atoms with Gasteiger partial charge in [0.05, 0.1) is 14.2 Å². The van der Waals surface area contributed by atoms with Crippen LogP contribution < -0.4 is 9.47 Å². The van der Waals surface area contributed by atoms with E-state index in [0.29, 0.717) is 28.0 Å². The van der Waals surface area contributed by atoms with Crippen LogP contribution in [0.4, 0.5) is 4.39 Å². The third-order valence-corrected chi connectivity index (χ3v) is 6.51. The van der Waals surface area contributed by atoms with E-state index in [2.05, 4.69) is 6.07 Å². The van der Waals surface area contributed by atoms with Crippen LogP contribution in [0, 0.1) is 5.82 Å². The smallest absolute Gasteiger partial charge is 0.157 e. The van der Waals surface area contributed by atoms with Crippen LogP contribution in [0.3, 0.4) is 0 Å². The minimum atomic E-state index is -0.548. The largest absolute Gasteiger partial charge is 0.497 e. The Bertz CT molecular complexity index is 1720. The van der Waals surface area contributed by atoms with Crippen LogP contribution in [0.1, 0.15) is 0 Å². The van der Waals surface area contributed by atoms with E-state index in [9.17, 15) is 0 Å². The summed E-state index contributed by atoms with van der Waals surface area (Å²) in [6.45, 7) is 0. The monoisotopic (exact) mass is 456 g/mol. The summed E-state index contributed by atoms with van der Waals surface area (Å²) in [7, 11) is 3.19. The lowest BCUT2D eigenvalue weighted by molar-refractivity contribution is 0.414. The molecule has 0 fully saturated rings. The van der Waals surface area contributed by atoms with Crippen molar-refractivity contribution in [2.75, 3.05) is 14.2 Å². The number of hydrogen-bond acceptors (Lipinski definition) is 3. The van der Waals surface area contributed by atoms with Gasteiger partial charge >= 0.3 is 0 Å². The summed E-state index contributed by atoms with van der Waals surface area (Å²) in [5.74, 6) is 0.730. The molecule has 0 unspecified atom stereocenters. The highest BCUT2D eigenvalue weighted by molar-refractivity contribution is 6.36. The van der Waals surface area contributed by atoms with Crippen LogP contribution in [0.5, 0.6) is 11.5 Å². The van der Waals surface area contributed by atoms with Crippen molar-refractivity contribution in [2.24, 2.45) is 0 Å². The normalized spacial score (nSPS) is 11.6. The second-order valence-corrected chi connectivity index (χ2v) is 8.37. The van der Waals surface area contributed by atoms with Crippen molar-refractivity contribution in [3.05, 3.63) is 83.6 Å². The molecule has 5 aromatic carbocycles. The standard InChI is InChI=1S/C28H18ClFO3/c1-31-19-8-7-17-12-24(32-2)20(11-18(17)9-19)22-14-23-21-10-15-5-3-4-6-16(15)13-25(21)33-28(23)26(29)27(22)30/h3-14H,1-2H3. The zero-order valence-electron chi connectivity index (χ0n) is 17.9. The number of hydrogen-bond donors (Lipinski definition) is 0. The summed E-state index contributed by atoms with van der Waals surface area (Å²) >= 11 is 6.52. The van der Waals surface area contributed by atoms with E-state index in [-0.39, 0.29) is 5.02 Å². The van der Waals surface area contributed by atoms with Gasteiger partial charge in [0, 0.05) is 21.9 Å². The maximum absolute atomic E-state index is 15.6. The van der Waals surface area contributed by atoms with Crippen molar-refractivity contribution < 1.29 is 18.3 Å². The average molecular weight is 457 g/mol. The van der Waals surface area contributed by atoms with E-state index >= 15 is 4.39 Å². The Hall–Kier alpha value is -3.76. The van der Waals surface area contributed by atoms with Gasteiger partial charge in [-0.15, -0.1) is 0 Å². The summed E-state index contributed by atoms with van der Waals surface area (Å²) in [6, 6.07) is 23.4. The summed E-state index contributed by atoms with van der Waals surface area (Å²) < 4.78 is 32.6. The maximum atomic E-state index is 15.6. The van der Waals surface area contributed by atoms with Gasteiger partial charge in [-0.1, -0.05) is 41.9 Å². The molecule has 0 N–H and O–H groups in total. The fraction of sp³-hybridized carbons (Fsp3) is 0.0714. The second-order valence-electron chi connectivity index (χ2n) is 7.99. The van der Waals surface area contributed by atoms with E-state index in [4.69, 9.17) is 25.5 Å². The molecular weight excluding hydrogens is 439 g/mol. The first kappa shape index (κ1) is 19.9. The van der Waals surface area contributed by atoms with E-state index in [0.717, 1.165) is 38.1 Å².